The number of amidine groups is 1. The van der Waals surface area contributed by atoms with E-state index in [0.29, 0.717) is 23.7 Å². The minimum atomic E-state index is -0.249. The largest absolute Gasteiger partial charge is 0.490 e. The van der Waals surface area contributed by atoms with E-state index in [-0.39, 0.29) is 24.4 Å². The minimum absolute atomic E-state index is 0.184. The predicted octanol–water partition coefficient (Wildman–Crippen LogP) is 3.47. The van der Waals surface area contributed by atoms with Crippen LogP contribution in [-0.4, -0.2) is 49.4 Å². The summed E-state index contributed by atoms with van der Waals surface area (Å²) in [5.41, 5.74) is 2.97. The molecule has 7 heteroatoms. The van der Waals surface area contributed by atoms with Gasteiger partial charge in [-0.25, -0.2) is 0 Å². The molecule has 1 unspecified atom stereocenters. The van der Waals surface area contributed by atoms with Gasteiger partial charge in [0.05, 0.1) is 13.0 Å². The second-order valence-corrected chi connectivity index (χ2v) is 7.38. The number of carbonyl (C=O) groups excluding carboxylic acids is 2. The molecule has 0 saturated heterocycles. The van der Waals surface area contributed by atoms with E-state index in [9.17, 15) is 9.59 Å². The summed E-state index contributed by atoms with van der Waals surface area (Å²) in [4.78, 5) is 25.9. The van der Waals surface area contributed by atoms with E-state index < -0.39 is 0 Å². The van der Waals surface area contributed by atoms with Crippen molar-refractivity contribution in [2.75, 3.05) is 26.0 Å². The Labute approximate surface area is 176 Å². The molecule has 0 aliphatic carbocycles. The van der Waals surface area contributed by atoms with Gasteiger partial charge in [-0.15, -0.1) is 0 Å². The van der Waals surface area contributed by atoms with Gasteiger partial charge in [-0.3, -0.25) is 15.0 Å². The summed E-state index contributed by atoms with van der Waals surface area (Å²) >= 11 is 0. The lowest BCUT2D eigenvalue weighted by atomic mass is 10.00. The first-order valence-corrected chi connectivity index (χ1v) is 10.00. The minimum Gasteiger partial charge on any atom is -0.490 e. The van der Waals surface area contributed by atoms with Crippen LogP contribution in [-0.2, 0) is 16.0 Å². The van der Waals surface area contributed by atoms with Crippen LogP contribution in [0.1, 0.15) is 41.3 Å². The number of aryl methyl sites for hydroxylation is 1. The standard InChI is InChI=1S/C23H27N3O4/c1-4-29-21(27)14-19-11-9-17-13-18(10-12-20(17)30-19)25-23(28)16-7-5-15(6-8-16)22(24)26(2)3/h5-8,10,12-13,19,24H,4,9,11,14H2,1-3H3,(H,25,28). The van der Waals surface area contributed by atoms with Crippen molar-refractivity contribution in [2.45, 2.75) is 32.3 Å². The fourth-order valence-corrected chi connectivity index (χ4v) is 3.31. The lowest BCUT2D eigenvalue weighted by Crippen LogP contribution is -2.26. The van der Waals surface area contributed by atoms with Crippen molar-refractivity contribution in [3.05, 3.63) is 59.2 Å². The number of nitrogens with one attached hydrogen (secondary N) is 2. The monoisotopic (exact) mass is 409 g/mol. The number of nitrogens with zero attached hydrogens (tertiary/aromatic N) is 1. The SMILES string of the molecule is CCOC(=O)CC1CCc2cc(NC(=O)c3ccc(C(=N)N(C)C)cc3)ccc2O1. The molecule has 0 fully saturated rings. The van der Waals surface area contributed by atoms with Gasteiger partial charge in [-0.2, -0.15) is 0 Å². The third-order valence-electron chi connectivity index (χ3n) is 4.92. The molecular weight excluding hydrogens is 382 g/mol. The molecule has 1 heterocycles. The average molecular weight is 409 g/mol. The highest BCUT2D eigenvalue weighted by atomic mass is 16.5. The summed E-state index contributed by atoms with van der Waals surface area (Å²) in [5, 5.41) is 10.9. The maximum atomic E-state index is 12.6. The van der Waals surface area contributed by atoms with E-state index in [4.69, 9.17) is 14.9 Å². The summed E-state index contributed by atoms with van der Waals surface area (Å²) in [6.45, 7) is 2.15. The number of benzene rings is 2. The molecule has 2 aromatic carbocycles. The molecule has 3 rings (SSSR count). The van der Waals surface area contributed by atoms with Gasteiger partial charge in [0.1, 0.15) is 17.7 Å². The van der Waals surface area contributed by atoms with Crippen molar-refractivity contribution < 1.29 is 19.1 Å². The van der Waals surface area contributed by atoms with Gasteiger partial charge in [0.25, 0.3) is 5.91 Å². The van der Waals surface area contributed by atoms with Gasteiger partial charge >= 0.3 is 5.97 Å². The molecular formula is C23H27N3O4. The van der Waals surface area contributed by atoms with Crippen LogP contribution in [0.5, 0.6) is 5.75 Å². The number of anilines is 1. The molecule has 0 aromatic heterocycles. The van der Waals surface area contributed by atoms with Gasteiger partial charge in [-0.1, -0.05) is 12.1 Å². The molecule has 1 atom stereocenters. The van der Waals surface area contributed by atoms with Crippen LogP contribution in [0.2, 0.25) is 0 Å². The first kappa shape index (κ1) is 21.4. The van der Waals surface area contributed by atoms with Gasteiger partial charge < -0.3 is 19.7 Å². The topological polar surface area (TPSA) is 91.7 Å². The van der Waals surface area contributed by atoms with Gasteiger partial charge in [-0.05, 0) is 55.7 Å². The van der Waals surface area contributed by atoms with Crippen LogP contribution >= 0.6 is 0 Å². The zero-order valence-electron chi connectivity index (χ0n) is 17.5. The fourth-order valence-electron chi connectivity index (χ4n) is 3.31. The Morgan fingerprint density at radius 1 is 1.17 bits per heavy atom. The van der Waals surface area contributed by atoms with Crippen LogP contribution in [0.15, 0.2) is 42.5 Å². The Morgan fingerprint density at radius 2 is 1.87 bits per heavy atom. The second kappa shape index (κ2) is 9.43. The number of rotatable bonds is 6. The Kier molecular flexibility index (Phi) is 6.72. The Bertz CT molecular complexity index is 938. The van der Waals surface area contributed by atoms with Crippen molar-refractivity contribution in [2.24, 2.45) is 0 Å². The number of fused-ring (bicyclic) bond motifs is 1. The lowest BCUT2D eigenvalue weighted by molar-refractivity contribution is -0.145. The van der Waals surface area contributed by atoms with E-state index >= 15 is 0 Å². The number of hydrogen-bond donors (Lipinski definition) is 2. The van der Waals surface area contributed by atoms with E-state index in [0.717, 1.165) is 29.7 Å². The molecule has 1 aliphatic heterocycles. The van der Waals surface area contributed by atoms with Crippen LogP contribution in [0.3, 0.4) is 0 Å². The Hall–Kier alpha value is -3.35. The van der Waals surface area contributed by atoms with Crippen molar-refractivity contribution in [1.82, 2.24) is 4.90 Å². The van der Waals surface area contributed by atoms with E-state index in [1.807, 2.05) is 26.2 Å². The summed E-state index contributed by atoms with van der Waals surface area (Å²) in [7, 11) is 3.61. The quantitative estimate of drug-likeness (QED) is 0.433. The summed E-state index contributed by atoms with van der Waals surface area (Å²) in [5.74, 6) is 0.661. The van der Waals surface area contributed by atoms with Crippen molar-refractivity contribution in [1.29, 1.82) is 5.41 Å². The van der Waals surface area contributed by atoms with Crippen molar-refractivity contribution in [3.8, 4) is 5.75 Å². The third-order valence-corrected chi connectivity index (χ3v) is 4.92. The number of carbonyl (C=O) groups is 2. The van der Waals surface area contributed by atoms with E-state index in [2.05, 4.69) is 5.32 Å². The van der Waals surface area contributed by atoms with Gasteiger partial charge in [0.15, 0.2) is 0 Å². The zero-order valence-corrected chi connectivity index (χ0v) is 17.5. The number of esters is 1. The molecule has 1 aliphatic rings. The molecule has 158 valence electrons. The van der Waals surface area contributed by atoms with Crippen LogP contribution in [0, 0.1) is 5.41 Å². The van der Waals surface area contributed by atoms with Crippen LogP contribution in [0.25, 0.3) is 0 Å². The maximum absolute atomic E-state index is 12.6. The average Bonchev–Trinajstić information content (AvgIpc) is 2.73. The van der Waals surface area contributed by atoms with Crippen LogP contribution in [0.4, 0.5) is 5.69 Å². The van der Waals surface area contributed by atoms with Gasteiger partial charge in [0, 0.05) is 30.9 Å². The highest BCUT2D eigenvalue weighted by Gasteiger charge is 2.23. The molecule has 30 heavy (non-hydrogen) atoms. The summed E-state index contributed by atoms with van der Waals surface area (Å²) < 4.78 is 10.9. The highest BCUT2D eigenvalue weighted by molar-refractivity contribution is 6.05. The van der Waals surface area contributed by atoms with Crippen molar-refractivity contribution in [3.63, 3.8) is 0 Å². The van der Waals surface area contributed by atoms with Crippen molar-refractivity contribution >= 4 is 23.4 Å². The van der Waals surface area contributed by atoms with Crippen LogP contribution < -0.4 is 10.1 Å². The number of hydrogen-bond acceptors (Lipinski definition) is 5. The third kappa shape index (κ3) is 5.17. The molecule has 0 saturated carbocycles. The molecule has 0 bridgehead atoms. The molecule has 1 amide bonds. The first-order valence-electron chi connectivity index (χ1n) is 10.00. The zero-order chi connectivity index (χ0) is 21.7. The molecule has 0 radical (unpaired) electrons. The smallest absolute Gasteiger partial charge is 0.309 e. The molecule has 2 N–H and O–H groups in total. The maximum Gasteiger partial charge on any atom is 0.309 e. The molecule has 7 nitrogen and oxygen atoms in total. The number of ether oxygens (including phenoxy) is 2. The lowest BCUT2D eigenvalue weighted by Gasteiger charge is -2.26. The molecule has 0 spiro atoms. The van der Waals surface area contributed by atoms with E-state index in [1.165, 1.54) is 0 Å². The number of amides is 1. The van der Waals surface area contributed by atoms with Gasteiger partial charge in [0.2, 0.25) is 0 Å². The normalized spacial score (nSPS) is 14.8. The Morgan fingerprint density at radius 3 is 2.53 bits per heavy atom. The fraction of sp³-hybridized carbons (Fsp3) is 0.348. The second-order valence-electron chi connectivity index (χ2n) is 7.38. The first-order chi connectivity index (χ1) is 14.4. The summed E-state index contributed by atoms with van der Waals surface area (Å²) in [6, 6.07) is 12.5. The predicted molar refractivity (Wildman–Crippen MR) is 115 cm³/mol. The highest BCUT2D eigenvalue weighted by Crippen LogP contribution is 2.31. The summed E-state index contributed by atoms with van der Waals surface area (Å²) in [6.07, 6.45) is 1.55. The molecule has 2 aromatic rings. The van der Waals surface area contributed by atoms with E-state index in [1.54, 1.807) is 42.2 Å². The Balaban J connectivity index is 1.62.